The molecule has 0 bridgehead atoms. The molecule has 0 aromatic heterocycles. The summed E-state index contributed by atoms with van der Waals surface area (Å²) in [5.41, 5.74) is 0.882. The van der Waals surface area contributed by atoms with Crippen molar-refractivity contribution in [3.05, 3.63) is 35.9 Å². The van der Waals surface area contributed by atoms with Crippen LogP contribution in [0, 0.1) is 5.92 Å². The van der Waals surface area contributed by atoms with Crippen LogP contribution in [0.3, 0.4) is 0 Å². The van der Waals surface area contributed by atoms with Crippen molar-refractivity contribution in [1.82, 2.24) is 5.32 Å². The largest absolute Gasteiger partial charge is 0.469 e. The van der Waals surface area contributed by atoms with Gasteiger partial charge in [-0.2, -0.15) is 0 Å². The summed E-state index contributed by atoms with van der Waals surface area (Å²) < 4.78 is 9.73. The summed E-state index contributed by atoms with van der Waals surface area (Å²) in [5, 5.41) is 12.4. The molecular formula is C15H19NO5. The van der Waals surface area contributed by atoms with E-state index in [1.807, 2.05) is 30.3 Å². The first-order chi connectivity index (χ1) is 10.1. The Morgan fingerprint density at radius 2 is 2.00 bits per heavy atom. The smallest absolute Gasteiger partial charge is 0.407 e. The highest BCUT2D eigenvalue weighted by molar-refractivity contribution is 5.73. The van der Waals surface area contributed by atoms with Gasteiger partial charge >= 0.3 is 12.1 Å². The number of hydrogen-bond donors (Lipinski definition) is 2. The van der Waals surface area contributed by atoms with Gasteiger partial charge in [-0.1, -0.05) is 30.3 Å². The summed E-state index contributed by atoms with van der Waals surface area (Å²) in [5.74, 6) is -0.750. The van der Waals surface area contributed by atoms with Crippen molar-refractivity contribution in [2.45, 2.75) is 31.6 Å². The highest BCUT2D eigenvalue weighted by atomic mass is 16.5. The van der Waals surface area contributed by atoms with Crippen LogP contribution in [0.4, 0.5) is 4.79 Å². The van der Waals surface area contributed by atoms with Gasteiger partial charge in [0.05, 0.1) is 25.2 Å². The van der Waals surface area contributed by atoms with Crippen molar-refractivity contribution in [1.29, 1.82) is 0 Å². The minimum Gasteiger partial charge on any atom is -0.469 e. The normalized spacial score (nSPS) is 24.4. The number of aliphatic hydroxyl groups is 1. The van der Waals surface area contributed by atoms with Gasteiger partial charge in [0.2, 0.25) is 0 Å². The quantitative estimate of drug-likeness (QED) is 0.815. The molecule has 1 saturated carbocycles. The number of hydrogen-bond acceptors (Lipinski definition) is 5. The molecule has 114 valence electrons. The monoisotopic (exact) mass is 293 g/mol. The second kappa shape index (κ2) is 7.08. The molecule has 21 heavy (non-hydrogen) atoms. The summed E-state index contributed by atoms with van der Waals surface area (Å²) >= 11 is 0. The van der Waals surface area contributed by atoms with Crippen LogP contribution in [-0.4, -0.2) is 36.4 Å². The number of benzene rings is 1. The van der Waals surface area contributed by atoms with Crippen LogP contribution in [-0.2, 0) is 20.9 Å². The first-order valence-corrected chi connectivity index (χ1v) is 6.83. The Kier molecular flexibility index (Phi) is 5.16. The zero-order valence-corrected chi connectivity index (χ0v) is 11.8. The minimum absolute atomic E-state index is 0.163. The van der Waals surface area contributed by atoms with Crippen molar-refractivity contribution in [3.8, 4) is 0 Å². The van der Waals surface area contributed by atoms with E-state index in [-0.39, 0.29) is 24.9 Å². The maximum Gasteiger partial charge on any atom is 0.407 e. The number of carbonyl (C=O) groups excluding carboxylic acids is 2. The molecule has 6 heteroatoms. The van der Waals surface area contributed by atoms with Gasteiger partial charge in [-0.3, -0.25) is 4.79 Å². The van der Waals surface area contributed by atoms with Gasteiger partial charge in [0.1, 0.15) is 6.61 Å². The fraction of sp³-hybridized carbons (Fsp3) is 0.467. The lowest BCUT2D eigenvalue weighted by molar-refractivity contribution is -0.145. The molecule has 1 aromatic carbocycles. The van der Waals surface area contributed by atoms with Crippen molar-refractivity contribution in [2.75, 3.05) is 7.11 Å². The van der Waals surface area contributed by atoms with Crippen LogP contribution in [0.2, 0.25) is 0 Å². The lowest BCUT2D eigenvalue weighted by Crippen LogP contribution is -2.40. The van der Waals surface area contributed by atoms with E-state index in [1.165, 1.54) is 7.11 Å². The number of nitrogens with one attached hydrogen (secondary N) is 1. The molecule has 6 nitrogen and oxygen atoms in total. The van der Waals surface area contributed by atoms with Crippen LogP contribution in [0.25, 0.3) is 0 Å². The van der Waals surface area contributed by atoms with E-state index < -0.39 is 18.2 Å². The Labute approximate surface area is 123 Å². The molecule has 1 aliphatic carbocycles. The second-order valence-corrected chi connectivity index (χ2v) is 5.07. The summed E-state index contributed by atoms with van der Waals surface area (Å²) in [6, 6.07) is 8.81. The Morgan fingerprint density at radius 3 is 2.67 bits per heavy atom. The van der Waals surface area contributed by atoms with E-state index in [1.54, 1.807) is 0 Å². The average Bonchev–Trinajstić information content (AvgIpc) is 2.86. The standard InChI is InChI=1S/C15H19NO5/c1-20-14(18)11-7-12(13(17)8-11)16-15(19)21-9-10-5-3-2-4-6-10/h2-6,11-13,17H,7-9H2,1H3,(H,16,19)/t11-,12+,13+/m0/s1. The minimum atomic E-state index is -0.765. The maximum absolute atomic E-state index is 11.7. The van der Waals surface area contributed by atoms with E-state index in [9.17, 15) is 14.7 Å². The van der Waals surface area contributed by atoms with E-state index >= 15 is 0 Å². The van der Waals surface area contributed by atoms with Crippen LogP contribution in [0.5, 0.6) is 0 Å². The Balaban J connectivity index is 1.79. The highest BCUT2D eigenvalue weighted by Gasteiger charge is 2.38. The Hall–Kier alpha value is -2.08. The number of methoxy groups -OCH3 is 1. The van der Waals surface area contributed by atoms with Gasteiger partial charge in [-0.05, 0) is 18.4 Å². The molecule has 1 amide bonds. The SMILES string of the molecule is COC(=O)[C@@H]1C[C@@H](O)[C@H](NC(=O)OCc2ccccc2)C1. The van der Waals surface area contributed by atoms with E-state index in [0.29, 0.717) is 6.42 Å². The molecule has 0 radical (unpaired) electrons. The second-order valence-electron chi connectivity index (χ2n) is 5.07. The third-order valence-electron chi connectivity index (χ3n) is 3.58. The zero-order chi connectivity index (χ0) is 15.2. The number of aliphatic hydroxyl groups excluding tert-OH is 1. The molecule has 0 heterocycles. The van der Waals surface area contributed by atoms with Crippen LogP contribution in [0.1, 0.15) is 18.4 Å². The molecule has 2 N–H and O–H groups in total. The predicted octanol–water partition coefficient (Wildman–Crippen LogP) is 1.23. The summed E-state index contributed by atoms with van der Waals surface area (Å²) in [7, 11) is 1.31. The zero-order valence-electron chi connectivity index (χ0n) is 11.8. The van der Waals surface area contributed by atoms with E-state index in [2.05, 4.69) is 10.1 Å². The first-order valence-electron chi connectivity index (χ1n) is 6.83. The summed E-state index contributed by atoms with van der Waals surface area (Å²) in [4.78, 5) is 23.1. The molecular weight excluding hydrogens is 274 g/mol. The Bertz CT molecular complexity index is 490. The number of rotatable bonds is 4. The van der Waals surface area contributed by atoms with Crippen LogP contribution >= 0.6 is 0 Å². The molecule has 0 unspecified atom stereocenters. The lowest BCUT2D eigenvalue weighted by atomic mass is 10.1. The molecule has 1 aromatic rings. The fourth-order valence-corrected chi connectivity index (χ4v) is 2.45. The molecule has 2 rings (SSSR count). The van der Waals surface area contributed by atoms with Crippen molar-refractivity contribution in [3.63, 3.8) is 0 Å². The predicted molar refractivity (Wildman–Crippen MR) is 74.3 cm³/mol. The summed E-state index contributed by atoms with van der Waals surface area (Å²) in [6.07, 6.45) is -0.725. The molecule has 0 spiro atoms. The van der Waals surface area contributed by atoms with Crippen LogP contribution in [0.15, 0.2) is 30.3 Å². The number of amides is 1. The summed E-state index contributed by atoms with van der Waals surface area (Å²) in [6.45, 7) is 0.163. The lowest BCUT2D eigenvalue weighted by Gasteiger charge is -2.16. The van der Waals surface area contributed by atoms with Gasteiger partial charge in [0.25, 0.3) is 0 Å². The van der Waals surface area contributed by atoms with Gasteiger partial charge in [-0.25, -0.2) is 4.79 Å². The number of carbonyl (C=O) groups is 2. The third-order valence-corrected chi connectivity index (χ3v) is 3.58. The topological polar surface area (TPSA) is 84.9 Å². The molecule has 0 aliphatic heterocycles. The maximum atomic E-state index is 11.7. The third kappa shape index (κ3) is 4.19. The van der Waals surface area contributed by atoms with Crippen LogP contribution < -0.4 is 5.32 Å². The number of esters is 1. The van der Waals surface area contributed by atoms with Gasteiger partial charge < -0.3 is 19.9 Å². The Morgan fingerprint density at radius 1 is 1.29 bits per heavy atom. The molecule has 1 fully saturated rings. The van der Waals surface area contributed by atoms with Crippen molar-refractivity contribution < 1.29 is 24.2 Å². The number of alkyl carbamates (subject to hydrolysis) is 1. The van der Waals surface area contributed by atoms with Gasteiger partial charge in [-0.15, -0.1) is 0 Å². The fourth-order valence-electron chi connectivity index (χ4n) is 2.45. The van der Waals surface area contributed by atoms with E-state index in [0.717, 1.165) is 5.56 Å². The van der Waals surface area contributed by atoms with Gasteiger partial charge in [0.15, 0.2) is 0 Å². The molecule has 1 aliphatic rings. The van der Waals surface area contributed by atoms with Crippen molar-refractivity contribution in [2.24, 2.45) is 5.92 Å². The van der Waals surface area contributed by atoms with Crippen molar-refractivity contribution >= 4 is 12.1 Å². The molecule has 0 saturated heterocycles. The number of ether oxygens (including phenoxy) is 2. The molecule has 3 atom stereocenters. The highest BCUT2D eigenvalue weighted by Crippen LogP contribution is 2.27. The average molecular weight is 293 g/mol. The van der Waals surface area contributed by atoms with E-state index in [4.69, 9.17) is 4.74 Å². The van der Waals surface area contributed by atoms with Gasteiger partial charge in [0, 0.05) is 0 Å². The first kappa shape index (κ1) is 15.3.